The molecule has 2 aliphatic carbocycles. The first kappa shape index (κ1) is 17.9. The van der Waals surface area contributed by atoms with Crippen molar-refractivity contribution in [3.05, 3.63) is 35.4 Å². The topological polar surface area (TPSA) is 74.8 Å². The van der Waals surface area contributed by atoms with E-state index in [-0.39, 0.29) is 24.0 Å². The summed E-state index contributed by atoms with van der Waals surface area (Å²) >= 11 is 0. The van der Waals surface area contributed by atoms with Crippen molar-refractivity contribution in [3.63, 3.8) is 0 Å². The highest BCUT2D eigenvalue weighted by Crippen LogP contribution is 2.26. The smallest absolute Gasteiger partial charge is 0.321 e. The summed E-state index contributed by atoms with van der Waals surface area (Å²) in [5.74, 6) is -0.212. The van der Waals surface area contributed by atoms with Gasteiger partial charge in [0.25, 0.3) is 5.91 Å². The van der Waals surface area contributed by atoms with E-state index in [2.05, 4.69) is 40.2 Å². The zero-order valence-corrected chi connectivity index (χ0v) is 15.1. The number of quaternary nitrogens is 1. The van der Waals surface area contributed by atoms with Crippen LogP contribution in [-0.4, -0.2) is 24.0 Å². The van der Waals surface area contributed by atoms with Gasteiger partial charge in [0.05, 0.1) is 0 Å². The standard InChI is InChI=1S/C20H29N3O2/c1-14(19(24)23-20(25)22-16-10-3-2-4-11-16)21-18-13-7-9-15-8-5-6-12-17(15)18/h5-6,8,12,14,16,18,21H,2-4,7,9-11,13H2,1H3,(H2,22,23,24,25)/p+1/t14-,18+/m0/s1. The number of carbonyl (C=O) groups is 2. The van der Waals surface area contributed by atoms with Gasteiger partial charge in [0.1, 0.15) is 6.04 Å². The Hall–Kier alpha value is -1.88. The van der Waals surface area contributed by atoms with Crippen LogP contribution in [-0.2, 0) is 11.2 Å². The van der Waals surface area contributed by atoms with Crippen molar-refractivity contribution < 1.29 is 14.9 Å². The molecule has 0 heterocycles. The van der Waals surface area contributed by atoms with Gasteiger partial charge in [0.2, 0.25) is 0 Å². The predicted molar refractivity (Wildman–Crippen MR) is 97.1 cm³/mol. The third-order valence-corrected chi connectivity index (χ3v) is 5.53. The van der Waals surface area contributed by atoms with E-state index in [1.165, 1.54) is 17.5 Å². The summed E-state index contributed by atoms with van der Waals surface area (Å²) in [6.45, 7) is 1.88. The van der Waals surface area contributed by atoms with Gasteiger partial charge in [-0.1, -0.05) is 43.5 Å². The summed E-state index contributed by atoms with van der Waals surface area (Å²) in [5.41, 5.74) is 2.72. The van der Waals surface area contributed by atoms with Gasteiger partial charge in [0, 0.05) is 18.0 Å². The number of hydrogen-bond acceptors (Lipinski definition) is 2. The lowest BCUT2D eigenvalue weighted by Gasteiger charge is -2.26. The average Bonchev–Trinajstić information content (AvgIpc) is 2.62. The van der Waals surface area contributed by atoms with E-state index in [4.69, 9.17) is 0 Å². The van der Waals surface area contributed by atoms with Crippen LogP contribution >= 0.6 is 0 Å². The minimum atomic E-state index is -0.346. The fraction of sp³-hybridized carbons (Fsp3) is 0.600. The Kier molecular flexibility index (Phi) is 6.08. The summed E-state index contributed by atoms with van der Waals surface area (Å²) in [6.07, 6.45) is 8.93. The number of urea groups is 1. The molecule has 136 valence electrons. The zero-order valence-electron chi connectivity index (χ0n) is 15.1. The maximum absolute atomic E-state index is 12.4. The Morgan fingerprint density at radius 1 is 1.08 bits per heavy atom. The number of nitrogens with one attached hydrogen (secondary N) is 2. The minimum Gasteiger partial charge on any atom is -0.335 e. The predicted octanol–water partition coefficient (Wildman–Crippen LogP) is 2.17. The number of imide groups is 1. The summed E-state index contributed by atoms with van der Waals surface area (Å²) < 4.78 is 0. The molecule has 2 atom stereocenters. The molecule has 0 spiro atoms. The average molecular weight is 344 g/mol. The first-order valence-electron chi connectivity index (χ1n) is 9.67. The second kappa shape index (κ2) is 8.48. The van der Waals surface area contributed by atoms with Crippen molar-refractivity contribution in [2.45, 2.75) is 76.4 Å². The maximum Gasteiger partial charge on any atom is 0.321 e. The second-order valence-corrected chi connectivity index (χ2v) is 7.48. The molecule has 0 unspecified atom stereocenters. The summed E-state index contributed by atoms with van der Waals surface area (Å²) in [4.78, 5) is 24.4. The van der Waals surface area contributed by atoms with E-state index in [0.29, 0.717) is 6.04 Å². The lowest BCUT2D eigenvalue weighted by molar-refractivity contribution is -0.714. The van der Waals surface area contributed by atoms with Gasteiger partial charge in [-0.3, -0.25) is 10.1 Å². The van der Waals surface area contributed by atoms with E-state index < -0.39 is 0 Å². The molecule has 4 N–H and O–H groups in total. The number of carbonyl (C=O) groups excluding carboxylic acids is 2. The number of benzene rings is 1. The minimum absolute atomic E-state index is 0.212. The van der Waals surface area contributed by atoms with Crippen molar-refractivity contribution in [2.75, 3.05) is 0 Å². The Bertz CT molecular complexity index is 611. The van der Waals surface area contributed by atoms with Crippen LogP contribution < -0.4 is 16.0 Å². The first-order valence-corrected chi connectivity index (χ1v) is 9.67. The van der Waals surface area contributed by atoms with E-state index >= 15 is 0 Å². The maximum atomic E-state index is 12.4. The van der Waals surface area contributed by atoms with Crippen molar-refractivity contribution in [2.24, 2.45) is 0 Å². The SMILES string of the molecule is C[C@H]([NH2+][C@@H]1CCCc2ccccc21)C(=O)NC(=O)NC1CCCCC1. The molecule has 0 bridgehead atoms. The Morgan fingerprint density at radius 2 is 1.84 bits per heavy atom. The van der Waals surface area contributed by atoms with Gasteiger partial charge < -0.3 is 10.6 Å². The third kappa shape index (κ3) is 4.82. The van der Waals surface area contributed by atoms with Crippen LogP contribution in [0, 0.1) is 0 Å². The number of amides is 3. The quantitative estimate of drug-likeness (QED) is 0.783. The van der Waals surface area contributed by atoms with Crippen LogP contribution in [0.5, 0.6) is 0 Å². The lowest BCUT2D eigenvalue weighted by Crippen LogP contribution is -2.93. The molecule has 0 radical (unpaired) electrons. The van der Waals surface area contributed by atoms with Gasteiger partial charge in [0.15, 0.2) is 6.04 Å². The summed E-state index contributed by atoms with van der Waals surface area (Å²) in [6, 6.07) is 8.36. The van der Waals surface area contributed by atoms with Crippen molar-refractivity contribution in [1.29, 1.82) is 0 Å². The molecule has 0 aromatic heterocycles. The molecule has 5 heteroatoms. The van der Waals surface area contributed by atoms with E-state index in [1.54, 1.807) is 0 Å². The molecule has 2 aliphatic rings. The van der Waals surface area contributed by atoms with Gasteiger partial charge in [-0.25, -0.2) is 4.79 Å². The molecule has 1 aromatic rings. The number of rotatable bonds is 4. The molecule has 0 saturated heterocycles. The van der Waals surface area contributed by atoms with E-state index in [1.807, 2.05) is 6.92 Å². The van der Waals surface area contributed by atoms with Gasteiger partial charge in [-0.15, -0.1) is 0 Å². The Labute approximate surface area is 150 Å². The fourth-order valence-corrected chi connectivity index (χ4v) is 4.12. The molecular weight excluding hydrogens is 314 g/mol. The monoisotopic (exact) mass is 344 g/mol. The zero-order chi connectivity index (χ0) is 17.6. The summed E-state index contributed by atoms with van der Waals surface area (Å²) in [7, 11) is 0. The first-order chi connectivity index (χ1) is 12.1. The normalized spacial score (nSPS) is 21.9. The molecule has 1 saturated carbocycles. The lowest BCUT2D eigenvalue weighted by atomic mass is 9.87. The number of aryl methyl sites for hydroxylation is 1. The number of fused-ring (bicyclic) bond motifs is 1. The number of hydrogen-bond donors (Lipinski definition) is 3. The highest BCUT2D eigenvalue weighted by molar-refractivity contribution is 5.96. The van der Waals surface area contributed by atoms with Gasteiger partial charge >= 0.3 is 6.03 Å². The highest BCUT2D eigenvalue weighted by Gasteiger charge is 2.28. The van der Waals surface area contributed by atoms with Crippen LogP contribution in [0.1, 0.15) is 69.0 Å². The Morgan fingerprint density at radius 3 is 2.64 bits per heavy atom. The Balaban J connectivity index is 1.50. The summed E-state index contributed by atoms with van der Waals surface area (Å²) in [5, 5.41) is 7.56. The van der Waals surface area contributed by atoms with Crippen LogP contribution in [0.15, 0.2) is 24.3 Å². The van der Waals surface area contributed by atoms with Crippen LogP contribution in [0.25, 0.3) is 0 Å². The molecule has 3 rings (SSSR count). The van der Waals surface area contributed by atoms with Crippen molar-refractivity contribution >= 4 is 11.9 Å². The molecule has 3 amide bonds. The second-order valence-electron chi connectivity index (χ2n) is 7.48. The largest absolute Gasteiger partial charge is 0.335 e. The highest BCUT2D eigenvalue weighted by atomic mass is 16.2. The van der Waals surface area contributed by atoms with Gasteiger partial charge in [-0.2, -0.15) is 0 Å². The molecule has 1 fully saturated rings. The van der Waals surface area contributed by atoms with Crippen LogP contribution in [0.4, 0.5) is 4.79 Å². The van der Waals surface area contributed by atoms with E-state index in [0.717, 1.165) is 44.9 Å². The molecule has 1 aromatic carbocycles. The van der Waals surface area contributed by atoms with Gasteiger partial charge in [-0.05, 0) is 38.2 Å². The van der Waals surface area contributed by atoms with Crippen molar-refractivity contribution in [1.82, 2.24) is 10.6 Å². The molecule has 0 aliphatic heterocycles. The third-order valence-electron chi connectivity index (χ3n) is 5.53. The van der Waals surface area contributed by atoms with E-state index in [9.17, 15) is 9.59 Å². The number of nitrogens with two attached hydrogens (primary N) is 1. The molecular formula is C20H30N3O2+. The molecule has 5 nitrogen and oxygen atoms in total. The van der Waals surface area contributed by atoms with Crippen molar-refractivity contribution in [3.8, 4) is 0 Å². The molecule has 25 heavy (non-hydrogen) atoms. The van der Waals surface area contributed by atoms with Crippen LogP contribution in [0.2, 0.25) is 0 Å². The fourth-order valence-electron chi connectivity index (χ4n) is 4.12. The van der Waals surface area contributed by atoms with Crippen LogP contribution in [0.3, 0.4) is 0 Å².